The highest BCUT2D eigenvalue weighted by Crippen LogP contribution is 2.25. The van der Waals surface area contributed by atoms with E-state index in [1.807, 2.05) is 6.07 Å². The monoisotopic (exact) mass is 435 g/mol. The number of piperidine rings is 1. The van der Waals surface area contributed by atoms with E-state index in [2.05, 4.69) is 11.8 Å². The van der Waals surface area contributed by atoms with Crippen molar-refractivity contribution in [3.8, 4) is 22.6 Å². The van der Waals surface area contributed by atoms with E-state index in [0.29, 0.717) is 28.7 Å². The number of nitrogens with zero attached hydrogens (tertiary/aromatic N) is 1. The van der Waals surface area contributed by atoms with Crippen LogP contribution in [0, 0.1) is 5.92 Å². The van der Waals surface area contributed by atoms with Gasteiger partial charge in [0.1, 0.15) is 23.3 Å². The molecule has 1 N–H and O–H groups in total. The molecule has 1 saturated heterocycles. The molecule has 1 aliphatic heterocycles. The van der Waals surface area contributed by atoms with E-state index in [1.54, 1.807) is 36.4 Å². The molecule has 0 bridgehead atoms. The Morgan fingerprint density at radius 1 is 1.06 bits per heavy atom. The average molecular weight is 436 g/mol. The zero-order valence-corrected chi connectivity index (χ0v) is 18.9. The van der Waals surface area contributed by atoms with Crippen molar-refractivity contribution in [2.75, 3.05) is 26.2 Å². The number of ether oxygens (including phenoxy) is 1. The van der Waals surface area contributed by atoms with Crippen molar-refractivity contribution in [3.63, 3.8) is 0 Å². The smallest absolute Gasteiger partial charge is 0.200 e. The van der Waals surface area contributed by atoms with Crippen molar-refractivity contribution in [3.05, 3.63) is 59.0 Å². The molecule has 0 amide bonds. The summed E-state index contributed by atoms with van der Waals surface area (Å²) in [7, 11) is 0. The van der Waals surface area contributed by atoms with Crippen LogP contribution in [0.25, 0.3) is 22.1 Å². The van der Waals surface area contributed by atoms with Gasteiger partial charge in [-0.3, -0.25) is 4.79 Å². The van der Waals surface area contributed by atoms with E-state index in [1.165, 1.54) is 51.6 Å². The zero-order valence-electron chi connectivity index (χ0n) is 18.9. The number of benzene rings is 2. The van der Waals surface area contributed by atoms with Crippen LogP contribution in [0.1, 0.15) is 45.4 Å². The summed E-state index contributed by atoms with van der Waals surface area (Å²) < 4.78 is 11.6. The molecule has 2 aromatic carbocycles. The summed E-state index contributed by atoms with van der Waals surface area (Å²) in [5.41, 5.74) is 1.62. The summed E-state index contributed by atoms with van der Waals surface area (Å²) in [4.78, 5) is 15.5. The summed E-state index contributed by atoms with van der Waals surface area (Å²) >= 11 is 0. The average Bonchev–Trinajstić information content (AvgIpc) is 2.82. The van der Waals surface area contributed by atoms with Gasteiger partial charge in [-0.1, -0.05) is 25.5 Å². The van der Waals surface area contributed by atoms with Crippen molar-refractivity contribution in [2.45, 2.75) is 45.4 Å². The van der Waals surface area contributed by atoms with Gasteiger partial charge in [-0.25, -0.2) is 0 Å². The van der Waals surface area contributed by atoms with Crippen LogP contribution in [0.4, 0.5) is 0 Å². The third kappa shape index (κ3) is 5.52. The minimum absolute atomic E-state index is 0.0912. The number of hydrogen-bond donors (Lipinski definition) is 1. The highest BCUT2D eigenvalue weighted by Gasteiger charge is 2.17. The fraction of sp³-hybridized carbons (Fsp3) is 0.444. The van der Waals surface area contributed by atoms with Crippen LogP contribution in [0.5, 0.6) is 11.5 Å². The number of phenolic OH excluding ortho intramolecular Hbond substituents is 1. The van der Waals surface area contributed by atoms with Gasteiger partial charge < -0.3 is 19.2 Å². The summed E-state index contributed by atoms with van der Waals surface area (Å²) in [5, 5.41) is 9.98. The first-order valence-electron chi connectivity index (χ1n) is 11.8. The van der Waals surface area contributed by atoms with Crippen molar-refractivity contribution in [2.24, 2.45) is 5.92 Å². The van der Waals surface area contributed by atoms with Gasteiger partial charge in [0.25, 0.3) is 0 Å². The Morgan fingerprint density at radius 2 is 1.84 bits per heavy atom. The molecule has 5 nitrogen and oxygen atoms in total. The molecular formula is C27H33NO4. The minimum atomic E-state index is -0.0912. The molecule has 2 heterocycles. The summed E-state index contributed by atoms with van der Waals surface area (Å²) in [5.74, 6) is 1.82. The number of aromatic hydroxyl groups is 1. The maximum atomic E-state index is 12.9. The normalized spacial score (nSPS) is 15.3. The Kier molecular flexibility index (Phi) is 7.48. The molecule has 3 aromatic rings. The van der Waals surface area contributed by atoms with Crippen LogP contribution in [0.2, 0.25) is 0 Å². The lowest BCUT2D eigenvalue weighted by Gasteiger charge is -2.31. The zero-order chi connectivity index (χ0) is 22.3. The molecule has 0 unspecified atom stereocenters. The summed E-state index contributed by atoms with van der Waals surface area (Å²) in [6.45, 7) is 6.68. The molecule has 0 aliphatic carbocycles. The largest absolute Gasteiger partial charge is 0.508 e. The minimum Gasteiger partial charge on any atom is -0.508 e. The third-order valence-corrected chi connectivity index (χ3v) is 6.60. The number of hydrogen-bond acceptors (Lipinski definition) is 5. The molecule has 170 valence electrons. The van der Waals surface area contributed by atoms with E-state index in [0.717, 1.165) is 24.5 Å². The third-order valence-electron chi connectivity index (χ3n) is 6.60. The maximum absolute atomic E-state index is 12.9. The number of likely N-dealkylation sites (tertiary alicyclic amines) is 1. The highest BCUT2D eigenvalue weighted by molar-refractivity contribution is 5.82. The number of fused-ring (bicyclic) bond motifs is 1. The van der Waals surface area contributed by atoms with Crippen LogP contribution in [0.3, 0.4) is 0 Å². The molecule has 5 heteroatoms. The molecule has 32 heavy (non-hydrogen) atoms. The van der Waals surface area contributed by atoms with Crippen molar-refractivity contribution >= 4 is 11.0 Å². The Hall–Kier alpha value is -2.79. The topological polar surface area (TPSA) is 62.9 Å². The SMILES string of the molecule is CCC1CCN(CCCCCOc2ccc3c(=O)c(-c4ccc(O)cc4)coc3c2)CC1. The summed E-state index contributed by atoms with van der Waals surface area (Å²) in [6.07, 6.45) is 8.90. The van der Waals surface area contributed by atoms with Gasteiger partial charge in [-0.15, -0.1) is 0 Å². The van der Waals surface area contributed by atoms with Crippen LogP contribution in [-0.4, -0.2) is 36.2 Å². The van der Waals surface area contributed by atoms with E-state index in [9.17, 15) is 9.90 Å². The van der Waals surface area contributed by atoms with E-state index >= 15 is 0 Å². The van der Waals surface area contributed by atoms with E-state index < -0.39 is 0 Å². The molecule has 0 saturated carbocycles. The van der Waals surface area contributed by atoms with Gasteiger partial charge in [0, 0.05) is 6.07 Å². The Bertz CT molecular complexity index is 1070. The second-order valence-electron chi connectivity index (χ2n) is 8.79. The van der Waals surface area contributed by atoms with Gasteiger partial charge in [0.2, 0.25) is 0 Å². The van der Waals surface area contributed by atoms with Crippen LogP contribution >= 0.6 is 0 Å². The molecule has 4 rings (SSSR count). The first-order valence-corrected chi connectivity index (χ1v) is 11.8. The lowest BCUT2D eigenvalue weighted by molar-refractivity contribution is 0.177. The number of unbranched alkanes of at least 4 members (excludes halogenated alkanes) is 2. The van der Waals surface area contributed by atoms with E-state index in [4.69, 9.17) is 9.15 Å². The number of phenols is 1. The standard InChI is InChI=1S/C27H33NO4/c1-2-20-12-15-28(16-13-20)14-4-3-5-17-31-23-10-11-24-26(18-23)32-19-25(27(24)30)21-6-8-22(29)9-7-21/h6-11,18-20,29H,2-5,12-17H2,1H3. The lowest BCUT2D eigenvalue weighted by atomic mass is 9.94. The van der Waals surface area contributed by atoms with Gasteiger partial charge in [0.15, 0.2) is 5.43 Å². The first-order chi connectivity index (χ1) is 15.6. The van der Waals surface area contributed by atoms with Crippen LogP contribution < -0.4 is 10.2 Å². The fourth-order valence-corrected chi connectivity index (χ4v) is 4.46. The maximum Gasteiger partial charge on any atom is 0.200 e. The quantitative estimate of drug-likeness (QED) is 0.428. The van der Waals surface area contributed by atoms with Gasteiger partial charge in [0.05, 0.1) is 17.6 Å². The molecule has 1 fully saturated rings. The van der Waals surface area contributed by atoms with Crippen LogP contribution in [-0.2, 0) is 0 Å². The molecule has 0 radical (unpaired) electrons. The molecular weight excluding hydrogens is 402 g/mol. The second-order valence-corrected chi connectivity index (χ2v) is 8.79. The summed E-state index contributed by atoms with van der Waals surface area (Å²) in [6, 6.07) is 11.9. The molecule has 0 atom stereocenters. The highest BCUT2D eigenvalue weighted by atomic mass is 16.5. The van der Waals surface area contributed by atoms with Gasteiger partial charge >= 0.3 is 0 Å². The van der Waals surface area contributed by atoms with Gasteiger partial charge in [-0.05, 0) is 87.5 Å². The van der Waals surface area contributed by atoms with E-state index in [-0.39, 0.29) is 11.2 Å². The Morgan fingerprint density at radius 3 is 2.59 bits per heavy atom. The molecule has 1 aromatic heterocycles. The molecule has 0 spiro atoms. The first kappa shape index (κ1) is 22.4. The lowest BCUT2D eigenvalue weighted by Crippen LogP contribution is -2.34. The van der Waals surface area contributed by atoms with Gasteiger partial charge in [-0.2, -0.15) is 0 Å². The van der Waals surface area contributed by atoms with Crippen molar-refractivity contribution in [1.82, 2.24) is 4.90 Å². The predicted octanol–water partition coefficient (Wildman–Crippen LogP) is 5.84. The van der Waals surface area contributed by atoms with Crippen molar-refractivity contribution < 1.29 is 14.3 Å². The molecule has 1 aliphatic rings. The number of rotatable bonds is 9. The van der Waals surface area contributed by atoms with Crippen LogP contribution in [0.15, 0.2) is 57.9 Å². The fourth-order valence-electron chi connectivity index (χ4n) is 4.46. The Balaban J connectivity index is 1.26. The Labute approximate surface area is 189 Å². The predicted molar refractivity (Wildman–Crippen MR) is 128 cm³/mol. The van der Waals surface area contributed by atoms with Crippen molar-refractivity contribution in [1.29, 1.82) is 0 Å². The second kappa shape index (κ2) is 10.7.